The van der Waals surface area contributed by atoms with E-state index >= 15 is 0 Å². The fraction of sp³-hybridized carbons (Fsp3) is 0.389. The monoisotopic (exact) mass is 349 g/mol. The quantitative estimate of drug-likeness (QED) is 0.732. The van der Waals surface area contributed by atoms with Crippen molar-refractivity contribution in [3.8, 4) is 11.5 Å². The van der Waals surface area contributed by atoms with E-state index in [1.54, 1.807) is 21.3 Å². The second kappa shape index (κ2) is 8.70. The lowest BCUT2D eigenvalue weighted by Gasteiger charge is -2.29. The molecule has 0 spiro atoms. The summed E-state index contributed by atoms with van der Waals surface area (Å²) in [5, 5.41) is 1.91. The Morgan fingerprint density at radius 2 is 1.92 bits per heavy atom. The molecule has 1 amide bonds. The highest BCUT2D eigenvalue weighted by Crippen LogP contribution is 2.28. The number of methoxy groups -OCH3 is 3. The van der Waals surface area contributed by atoms with Crippen molar-refractivity contribution in [3.63, 3.8) is 0 Å². The normalized spacial score (nSPS) is 11.8. The van der Waals surface area contributed by atoms with E-state index in [1.165, 1.54) is 11.3 Å². The molecule has 0 saturated heterocycles. The summed E-state index contributed by atoms with van der Waals surface area (Å²) in [6.45, 7) is 2.93. The van der Waals surface area contributed by atoms with Gasteiger partial charge in [-0.3, -0.25) is 4.79 Å². The van der Waals surface area contributed by atoms with Gasteiger partial charge in [0.05, 0.1) is 31.7 Å². The van der Waals surface area contributed by atoms with E-state index in [0.29, 0.717) is 24.7 Å². The summed E-state index contributed by atoms with van der Waals surface area (Å²) in [5.74, 6) is 1.32. The van der Waals surface area contributed by atoms with Crippen LogP contribution in [0.3, 0.4) is 0 Å². The van der Waals surface area contributed by atoms with Gasteiger partial charge in [0.25, 0.3) is 5.91 Å². The van der Waals surface area contributed by atoms with Crippen molar-refractivity contribution in [3.05, 3.63) is 46.2 Å². The van der Waals surface area contributed by atoms with Gasteiger partial charge >= 0.3 is 0 Å². The Balaban J connectivity index is 2.26. The first-order valence-electron chi connectivity index (χ1n) is 7.65. The number of amides is 1. The van der Waals surface area contributed by atoms with E-state index < -0.39 is 0 Å². The Kier molecular flexibility index (Phi) is 6.63. The van der Waals surface area contributed by atoms with Crippen molar-refractivity contribution >= 4 is 17.2 Å². The molecule has 0 radical (unpaired) electrons. The van der Waals surface area contributed by atoms with Gasteiger partial charge in [0.15, 0.2) is 11.5 Å². The number of carbonyl (C=O) groups is 1. The zero-order valence-corrected chi connectivity index (χ0v) is 15.3. The van der Waals surface area contributed by atoms with Crippen molar-refractivity contribution in [1.82, 2.24) is 4.90 Å². The Hall–Kier alpha value is -2.05. The number of ether oxygens (including phenoxy) is 3. The van der Waals surface area contributed by atoms with E-state index in [0.717, 1.165) is 10.4 Å². The van der Waals surface area contributed by atoms with E-state index in [9.17, 15) is 4.79 Å². The highest BCUT2D eigenvalue weighted by atomic mass is 32.1. The summed E-state index contributed by atoms with van der Waals surface area (Å²) in [6, 6.07) is 9.37. The molecule has 0 fully saturated rings. The molecule has 1 aromatic heterocycles. The molecule has 0 bridgehead atoms. The van der Waals surface area contributed by atoms with Crippen molar-refractivity contribution < 1.29 is 19.0 Å². The molecule has 0 N–H and O–H groups in total. The SMILES string of the molecule is COCC(C)N(Cc1ccc(OC)c(OC)c1)C(=O)c1cccs1. The molecule has 1 aromatic carbocycles. The van der Waals surface area contributed by atoms with Crippen molar-refractivity contribution in [1.29, 1.82) is 0 Å². The minimum atomic E-state index is -0.0438. The zero-order chi connectivity index (χ0) is 17.5. The number of hydrogen-bond donors (Lipinski definition) is 0. The van der Waals surface area contributed by atoms with Crippen LogP contribution in [0.4, 0.5) is 0 Å². The predicted molar refractivity (Wildman–Crippen MR) is 95.1 cm³/mol. The Morgan fingerprint density at radius 1 is 1.17 bits per heavy atom. The van der Waals surface area contributed by atoms with Crippen molar-refractivity contribution in [2.75, 3.05) is 27.9 Å². The highest BCUT2D eigenvalue weighted by molar-refractivity contribution is 7.12. The molecule has 0 aliphatic heterocycles. The van der Waals surface area contributed by atoms with E-state index in [2.05, 4.69) is 0 Å². The molecule has 1 atom stereocenters. The Bertz CT molecular complexity index is 657. The summed E-state index contributed by atoms with van der Waals surface area (Å²) in [4.78, 5) is 15.4. The molecule has 0 saturated carbocycles. The van der Waals surface area contributed by atoms with Crippen LogP contribution in [-0.4, -0.2) is 44.8 Å². The number of carbonyl (C=O) groups excluding carboxylic acids is 1. The number of hydrogen-bond acceptors (Lipinski definition) is 5. The summed E-state index contributed by atoms with van der Waals surface area (Å²) < 4.78 is 15.8. The fourth-order valence-corrected chi connectivity index (χ4v) is 3.16. The molecule has 2 rings (SSSR count). The molecule has 6 heteroatoms. The molecule has 130 valence electrons. The molecule has 5 nitrogen and oxygen atoms in total. The van der Waals surface area contributed by atoms with Crippen LogP contribution in [0.1, 0.15) is 22.2 Å². The van der Waals surface area contributed by atoms with Gasteiger partial charge in [-0.25, -0.2) is 0 Å². The van der Waals surface area contributed by atoms with Crippen LogP contribution in [0, 0.1) is 0 Å². The summed E-state index contributed by atoms with van der Waals surface area (Å²) in [5.41, 5.74) is 0.973. The van der Waals surface area contributed by atoms with Crippen LogP contribution in [0.15, 0.2) is 35.7 Å². The summed E-state index contributed by atoms with van der Waals surface area (Å²) in [7, 11) is 4.84. The predicted octanol–water partition coefficient (Wildman–Crippen LogP) is 3.44. The van der Waals surface area contributed by atoms with Crippen LogP contribution in [0.5, 0.6) is 11.5 Å². The van der Waals surface area contributed by atoms with Crippen LogP contribution in [-0.2, 0) is 11.3 Å². The molecule has 1 unspecified atom stereocenters. The van der Waals surface area contributed by atoms with E-state index in [4.69, 9.17) is 14.2 Å². The molecule has 0 aliphatic carbocycles. The summed E-state index contributed by atoms with van der Waals surface area (Å²) in [6.07, 6.45) is 0. The molecule has 1 heterocycles. The van der Waals surface area contributed by atoms with E-state index in [-0.39, 0.29) is 11.9 Å². The average Bonchev–Trinajstić information content (AvgIpc) is 3.13. The van der Waals surface area contributed by atoms with Crippen molar-refractivity contribution in [2.45, 2.75) is 19.5 Å². The van der Waals surface area contributed by atoms with Gasteiger partial charge in [0.2, 0.25) is 0 Å². The highest BCUT2D eigenvalue weighted by Gasteiger charge is 2.23. The standard InChI is InChI=1S/C18H23NO4S/c1-13(12-21-2)19(18(20)17-6-5-9-24-17)11-14-7-8-15(22-3)16(10-14)23-4/h5-10,13H,11-12H2,1-4H3. The number of benzene rings is 1. The molecular weight excluding hydrogens is 326 g/mol. The van der Waals surface area contributed by atoms with Crippen LogP contribution >= 0.6 is 11.3 Å². The van der Waals surface area contributed by atoms with Crippen molar-refractivity contribution in [2.24, 2.45) is 0 Å². The fourth-order valence-electron chi connectivity index (χ4n) is 2.48. The van der Waals surface area contributed by atoms with Gasteiger partial charge in [0, 0.05) is 13.7 Å². The Morgan fingerprint density at radius 3 is 2.50 bits per heavy atom. The maximum absolute atomic E-state index is 12.8. The minimum absolute atomic E-state index is 0.00401. The van der Waals surface area contributed by atoms with Gasteiger partial charge in [-0.2, -0.15) is 0 Å². The first-order valence-corrected chi connectivity index (χ1v) is 8.53. The van der Waals surface area contributed by atoms with Gasteiger partial charge in [-0.05, 0) is 36.1 Å². The number of rotatable bonds is 8. The van der Waals surface area contributed by atoms with Gasteiger partial charge in [-0.15, -0.1) is 11.3 Å². The lowest BCUT2D eigenvalue weighted by atomic mass is 10.1. The lowest BCUT2D eigenvalue weighted by Crippen LogP contribution is -2.40. The van der Waals surface area contributed by atoms with Crippen LogP contribution in [0.25, 0.3) is 0 Å². The smallest absolute Gasteiger partial charge is 0.264 e. The average molecular weight is 349 g/mol. The molecule has 24 heavy (non-hydrogen) atoms. The number of thiophene rings is 1. The van der Waals surface area contributed by atoms with Crippen LogP contribution in [0.2, 0.25) is 0 Å². The third-order valence-corrected chi connectivity index (χ3v) is 4.59. The van der Waals surface area contributed by atoms with Gasteiger partial charge in [-0.1, -0.05) is 12.1 Å². The lowest BCUT2D eigenvalue weighted by molar-refractivity contribution is 0.0546. The minimum Gasteiger partial charge on any atom is -0.493 e. The third-order valence-electron chi connectivity index (χ3n) is 3.73. The molecular formula is C18H23NO4S. The first-order chi connectivity index (χ1) is 11.6. The molecule has 0 aliphatic rings. The van der Waals surface area contributed by atoms with Crippen LogP contribution < -0.4 is 9.47 Å². The third kappa shape index (κ3) is 4.27. The topological polar surface area (TPSA) is 48.0 Å². The second-order valence-electron chi connectivity index (χ2n) is 5.40. The molecule has 2 aromatic rings. The van der Waals surface area contributed by atoms with E-state index in [1.807, 2.05) is 47.5 Å². The van der Waals surface area contributed by atoms with Gasteiger partial charge in [0.1, 0.15) is 0 Å². The zero-order valence-electron chi connectivity index (χ0n) is 14.4. The maximum Gasteiger partial charge on any atom is 0.264 e. The number of nitrogens with zero attached hydrogens (tertiary/aromatic N) is 1. The first kappa shape index (κ1) is 18.3. The Labute approximate surface area is 146 Å². The maximum atomic E-state index is 12.8. The summed E-state index contributed by atoms with van der Waals surface area (Å²) >= 11 is 1.44. The second-order valence-corrected chi connectivity index (χ2v) is 6.35. The van der Waals surface area contributed by atoms with Gasteiger partial charge < -0.3 is 19.1 Å². The largest absolute Gasteiger partial charge is 0.493 e.